The molecule has 1 aromatic carbocycles. The van der Waals surface area contributed by atoms with Gasteiger partial charge in [-0.05, 0) is 33.0 Å². The first-order valence-corrected chi connectivity index (χ1v) is 13.9. The fraction of sp³-hybridized carbons (Fsp3) is 0.448. The van der Waals surface area contributed by atoms with Gasteiger partial charge in [-0.1, -0.05) is 0 Å². The van der Waals surface area contributed by atoms with Crippen molar-refractivity contribution in [3.63, 3.8) is 0 Å². The van der Waals surface area contributed by atoms with E-state index in [0.717, 1.165) is 10.8 Å². The number of morpholine rings is 1. The van der Waals surface area contributed by atoms with Crippen LogP contribution in [0.3, 0.4) is 0 Å². The predicted molar refractivity (Wildman–Crippen MR) is 154 cm³/mol. The Bertz CT molecular complexity index is 1560. The van der Waals surface area contributed by atoms with Crippen molar-refractivity contribution in [2.24, 2.45) is 7.05 Å². The van der Waals surface area contributed by atoms with Crippen molar-refractivity contribution in [1.82, 2.24) is 19.4 Å². The summed E-state index contributed by atoms with van der Waals surface area (Å²) in [5.74, 6) is -1.23. The van der Waals surface area contributed by atoms with Crippen molar-refractivity contribution in [2.45, 2.75) is 32.2 Å². The Kier molecular flexibility index (Phi) is 8.43. The van der Waals surface area contributed by atoms with Crippen LogP contribution in [0.25, 0.3) is 11.1 Å². The number of carbonyl (C=O) groups excluding carboxylic acids is 1. The summed E-state index contributed by atoms with van der Waals surface area (Å²) < 4.78 is 63.6. The van der Waals surface area contributed by atoms with E-state index in [9.17, 15) is 22.8 Å². The van der Waals surface area contributed by atoms with Crippen molar-refractivity contribution in [1.29, 1.82) is 0 Å². The highest BCUT2D eigenvalue weighted by atomic mass is 19.4. The molecule has 14 heteroatoms. The molecule has 230 valence electrons. The zero-order valence-electron chi connectivity index (χ0n) is 24.3. The molecule has 2 aromatic heterocycles. The number of amides is 1. The highest BCUT2D eigenvalue weighted by Crippen LogP contribution is 2.37. The third-order valence-corrected chi connectivity index (χ3v) is 7.89. The highest BCUT2D eigenvalue weighted by molar-refractivity contribution is 6.07. The summed E-state index contributed by atoms with van der Waals surface area (Å²) in [5, 5.41) is 2.58. The fourth-order valence-electron chi connectivity index (χ4n) is 5.27. The number of ether oxygens (including phenoxy) is 1. The average Bonchev–Trinajstić information content (AvgIpc) is 2.96. The molecule has 0 radical (unpaired) electrons. The number of hydrogen-bond donors (Lipinski definition) is 1. The van der Waals surface area contributed by atoms with Gasteiger partial charge < -0.3 is 29.3 Å². The van der Waals surface area contributed by atoms with Crippen LogP contribution in [0.4, 0.5) is 34.9 Å². The molecule has 5 rings (SSSR count). The number of nitrogens with zero attached hydrogens (tertiary/aromatic N) is 6. The molecule has 0 bridgehead atoms. The van der Waals surface area contributed by atoms with Crippen LogP contribution in [0.5, 0.6) is 0 Å². The minimum Gasteiger partial charge on any atom is -0.375 e. The second kappa shape index (κ2) is 11.9. The number of alkyl halides is 3. The molecule has 0 aliphatic carbocycles. The quantitative estimate of drug-likeness (QED) is 0.442. The summed E-state index contributed by atoms with van der Waals surface area (Å²) >= 11 is 0. The summed E-state index contributed by atoms with van der Waals surface area (Å²) in [5.41, 5.74) is -2.15. The third kappa shape index (κ3) is 6.49. The first kappa shape index (κ1) is 30.4. The molecular weight excluding hydrogens is 570 g/mol. The van der Waals surface area contributed by atoms with Gasteiger partial charge in [0, 0.05) is 81.6 Å². The van der Waals surface area contributed by atoms with Crippen molar-refractivity contribution < 1.29 is 27.1 Å². The number of piperazine rings is 1. The standard InChI is InChI=1S/C29H33F4N7O3/c1-17-14-39(6-5-37(17)3)25-11-23(30)20(19-12-34-28(35-13-19)40-7-8-43-18(2)15-40)9-24(25)36-27(42)21-16-38(4)26(41)10-22(21)29(31,32)33/h9-13,16-18H,5-8,14-15H2,1-4H3,(H,36,42)/t17-,18+/m0/s1. The van der Waals surface area contributed by atoms with Gasteiger partial charge in [0.05, 0.1) is 35.2 Å². The first-order valence-electron chi connectivity index (χ1n) is 13.9. The Morgan fingerprint density at radius 3 is 2.40 bits per heavy atom. The molecule has 2 saturated heterocycles. The lowest BCUT2D eigenvalue weighted by Crippen LogP contribution is -2.50. The average molecular weight is 604 g/mol. The molecule has 2 fully saturated rings. The van der Waals surface area contributed by atoms with Gasteiger partial charge in [-0.3, -0.25) is 9.59 Å². The number of benzene rings is 1. The molecule has 2 aliphatic rings. The molecule has 3 aromatic rings. The second-order valence-corrected chi connectivity index (χ2v) is 11.0. The summed E-state index contributed by atoms with van der Waals surface area (Å²) in [6.45, 7) is 7.36. The minimum absolute atomic E-state index is 0.00960. The van der Waals surface area contributed by atoms with Crippen LogP contribution in [0.2, 0.25) is 0 Å². The maximum atomic E-state index is 15.7. The van der Waals surface area contributed by atoms with Gasteiger partial charge in [-0.15, -0.1) is 0 Å². The Hall–Kier alpha value is -4.04. The summed E-state index contributed by atoms with van der Waals surface area (Å²) in [7, 11) is 3.22. The number of anilines is 3. The van der Waals surface area contributed by atoms with Gasteiger partial charge in [0.1, 0.15) is 5.82 Å². The van der Waals surface area contributed by atoms with E-state index >= 15 is 4.39 Å². The number of halogens is 4. The SMILES string of the molecule is C[C@@H]1CN(c2ncc(-c3cc(NC(=O)c4cn(C)c(=O)cc4C(F)(F)F)c(N4CCN(C)[C@@H](C)C4)cc3F)cn2)CCO1. The highest BCUT2D eigenvalue weighted by Gasteiger charge is 2.36. The number of hydrogen-bond acceptors (Lipinski definition) is 8. The maximum Gasteiger partial charge on any atom is 0.417 e. The van der Waals surface area contributed by atoms with Gasteiger partial charge in [0.25, 0.3) is 11.5 Å². The summed E-state index contributed by atoms with van der Waals surface area (Å²) in [6, 6.07) is 3.15. The van der Waals surface area contributed by atoms with E-state index in [0.29, 0.717) is 62.6 Å². The smallest absolute Gasteiger partial charge is 0.375 e. The number of pyridine rings is 1. The molecule has 4 heterocycles. The van der Waals surface area contributed by atoms with E-state index in [-0.39, 0.29) is 23.4 Å². The van der Waals surface area contributed by atoms with E-state index in [2.05, 4.69) is 20.2 Å². The lowest BCUT2D eigenvalue weighted by atomic mass is 10.0. The predicted octanol–water partition coefficient (Wildman–Crippen LogP) is 3.62. The first-order chi connectivity index (χ1) is 20.3. The van der Waals surface area contributed by atoms with Crippen LogP contribution in [0.15, 0.2) is 41.6 Å². The fourth-order valence-corrected chi connectivity index (χ4v) is 5.27. The van der Waals surface area contributed by atoms with Crippen LogP contribution in [0.1, 0.15) is 29.8 Å². The van der Waals surface area contributed by atoms with Gasteiger partial charge in [0.2, 0.25) is 5.95 Å². The molecule has 1 N–H and O–H groups in total. The van der Waals surface area contributed by atoms with Crippen molar-refractivity contribution in [3.8, 4) is 11.1 Å². The van der Waals surface area contributed by atoms with Crippen LogP contribution in [0, 0.1) is 5.82 Å². The van der Waals surface area contributed by atoms with Crippen LogP contribution < -0.4 is 20.7 Å². The largest absolute Gasteiger partial charge is 0.417 e. The zero-order valence-corrected chi connectivity index (χ0v) is 24.3. The maximum absolute atomic E-state index is 15.7. The Labute approximate surface area is 245 Å². The van der Waals surface area contributed by atoms with Crippen LogP contribution in [-0.4, -0.2) is 83.9 Å². The van der Waals surface area contributed by atoms with E-state index in [1.807, 2.05) is 30.7 Å². The number of aryl methyl sites for hydroxylation is 1. The van der Waals surface area contributed by atoms with Crippen molar-refractivity contribution in [3.05, 3.63) is 64.1 Å². The van der Waals surface area contributed by atoms with E-state index in [1.165, 1.54) is 31.6 Å². The molecular formula is C29H33F4N7O3. The Balaban J connectivity index is 1.54. The second-order valence-electron chi connectivity index (χ2n) is 11.0. The normalized spacial score (nSPS) is 19.9. The molecule has 0 saturated carbocycles. The molecule has 43 heavy (non-hydrogen) atoms. The minimum atomic E-state index is -4.94. The molecule has 0 spiro atoms. The number of rotatable bonds is 5. The van der Waals surface area contributed by atoms with E-state index in [1.54, 1.807) is 0 Å². The monoisotopic (exact) mass is 603 g/mol. The lowest BCUT2D eigenvalue weighted by molar-refractivity contribution is -0.138. The van der Waals surface area contributed by atoms with E-state index in [4.69, 9.17) is 4.74 Å². The van der Waals surface area contributed by atoms with Crippen LogP contribution in [-0.2, 0) is 18.0 Å². The van der Waals surface area contributed by atoms with Gasteiger partial charge in [-0.2, -0.15) is 13.2 Å². The molecule has 2 aliphatic heterocycles. The molecule has 1 amide bonds. The Morgan fingerprint density at radius 2 is 1.74 bits per heavy atom. The van der Waals surface area contributed by atoms with Gasteiger partial charge >= 0.3 is 6.18 Å². The third-order valence-electron chi connectivity index (χ3n) is 7.89. The lowest BCUT2D eigenvalue weighted by Gasteiger charge is -2.39. The van der Waals surface area contributed by atoms with Crippen molar-refractivity contribution in [2.75, 3.05) is 61.5 Å². The number of carbonyl (C=O) groups is 1. The molecule has 2 atom stereocenters. The van der Waals surface area contributed by atoms with Crippen LogP contribution >= 0.6 is 0 Å². The molecule has 10 nitrogen and oxygen atoms in total. The molecule has 0 unspecified atom stereocenters. The Morgan fingerprint density at radius 1 is 1.02 bits per heavy atom. The number of likely N-dealkylation sites (N-methyl/N-ethyl adjacent to an activating group) is 1. The van der Waals surface area contributed by atoms with Crippen molar-refractivity contribution >= 4 is 23.2 Å². The summed E-state index contributed by atoms with van der Waals surface area (Å²) in [6.07, 6.45) is -1.14. The number of nitrogens with one attached hydrogen (secondary N) is 1. The summed E-state index contributed by atoms with van der Waals surface area (Å²) in [4.78, 5) is 40.2. The van der Waals surface area contributed by atoms with E-state index < -0.39 is 34.6 Å². The zero-order chi connectivity index (χ0) is 31.1. The number of aromatic nitrogens is 3. The van der Waals surface area contributed by atoms with Gasteiger partial charge in [0.15, 0.2) is 0 Å². The topological polar surface area (TPSA) is 95.8 Å². The van der Waals surface area contributed by atoms with Gasteiger partial charge in [-0.25, -0.2) is 14.4 Å².